The van der Waals surface area contributed by atoms with Crippen molar-refractivity contribution in [2.45, 2.75) is 13.5 Å². The summed E-state index contributed by atoms with van der Waals surface area (Å²) in [5.41, 5.74) is 2.39. The van der Waals surface area contributed by atoms with Crippen LogP contribution in [-0.2, 0) is 16.2 Å². The van der Waals surface area contributed by atoms with E-state index in [1.165, 1.54) is 32.2 Å². The Hall–Kier alpha value is -2.19. The Bertz CT molecular complexity index is 479. The number of hydroxylamine groups is 1. The van der Waals surface area contributed by atoms with Crippen LogP contribution in [0.5, 0.6) is 0 Å². The number of urea groups is 1. The molecule has 0 aliphatic heterocycles. The summed E-state index contributed by atoms with van der Waals surface area (Å²) in [6.07, 6.45) is 0. The molecule has 0 aliphatic carbocycles. The van der Waals surface area contributed by atoms with Crippen molar-refractivity contribution in [3.05, 3.63) is 29.6 Å². The molecule has 0 atom stereocenters. The normalized spacial score (nSPS) is 9.89. The molecule has 0 fully saturated rings. The van der Waals surface area contributed by atoms with Gasteiger partial charge in [0.15, 0.2) is 0 Å². The summed E-state index contributed by atoms with van der Waals surface area (Å²) in [5, 5.41) is 3.24. The summed E-state index contributed by atoms with van der Waals surface area (Å²) in [6, 6.07) is 3.54. The summed E-state index contributed by atoms with van der Waals surface area (Å²) >= 11 is 0. The minimum atomic E-state index is -0.605. The summed E-state index contributed by atoms with van der Waals surface area (Å²) < 4.78 is 13.6. The van der Waals surface area contributed by atoms with Crippen LogP contribution in [-0.4, -0.2) is 24.0 Å². The van der Waals surface area contributed by atoms with Gasteiger partial charge in [-0.25, -0.2) is 20.5 Å². The van der Waals surface area contributed by atoms with Crippen molar-refractivity contribution in [2.75, 3.05) is 12.4 Å². The quantitative estimate of drug-likeness (QED) is 0.427. The smallest absolute Gasteiger partial charge is 0.306 e. The lowest BCUT2D eigenvalue weighted by molar-refractivity contribution is -0.132. The highest BCUT2D eigenvalue weighted by atomic mass is 19.1. The average molecular weight is 270 g/mol. The van der Waals surface area contributed by atoms with E-state index in [4.69, 9.17) is 10.7 Å². The highest BCUT2D eigenvalue weighted by molar-refractivity contribution is 5.89. The third-order valence-corrected chi connectivity index (χ3v) is 2.11. The second kappa shape index (κ2) is 6.66. The fourth-order valence-electron chi connectivity index (χ4n) is 1.24. The molecule has 0 aliphatic rings. The largest absolute Gasteiger partial charge is 0.335 e. The Morgan fingerprint density at radius 3 is 2.74 bits per heavy atom. The third-order valence-electron chi connectivity index (χ3n) is 2.11. The predicted octanol–water partition coefficient (Wildman–Crippen LogP) is 0.731. The van der Waals surface area contributed by atoms with Gasteiger partial charge in [-0.15, -0.1) is 0 Å². The van der Waals surface area contributed by atoms with Crippen molar-refractivity contribution in [1.29, 1.82) is 0 Å². The molecular weight excluding hydrogens is 255 g/mol. The highest BCUT2D eigenvalue weighted by Crippen LogP contribution is 2.19. The molecule has 104 valence electrons. The van der Waals surface area contributed by atoms with Gasteiger partial charge in [-0.3, -0.25) is 14.6 Å². The molecule has 3 amide bonds. The third kappa shape index (κ3) is 4.53. The van der Waals surface area contributed by atoms with E-state index in [1.807, 2.05) is 0 Å². The number of anilines is 1. The van der Waals surface area contributed by atoms with Crippen molar-refractivity contribution in [2.24, 2.45) is 5.84 Å². The van der Waals surface area contributed by atoms with Crippen molar-refractivity contribution in [3.63, 3.8) is 0 Å². The number of benzene rings is 1. The van der Waals surface area contributed by atoms with E-state index in [0.29, 0.717) is 0 Å². The van der Waals surface area contributed by atoms with E-state index in [0.717, 1.165) is 5.01 Å². The van der Waals surface area contributed by atoms with Gasteiger partial charge in [-0.1, -0.05) is 6.07 Å². The summed E-state index contributed by atoms with van der Waals surface area (Å²) in [5.74, 6) is 4.27. The summed E-state index contributed by atoms with van der Waals surface area (Å²) in [7, 11) is 1.35. The van der Waals surface area contributed by atoms with Gasteiger partial charge < -0.3 is 5.32 Å². The number of hydrazine groups is 1. The van der Waals surface area contributed by atoms with Crippen LogP contribution in [0.1, 0.15) is 12.5 Å². The predicted molar refractivity (Wildman–Crippen MR) is 66.0 cm³/mol. The molecule has 1 aromatic rings. The molecule has 0 aromatic heterocycles. The molecule has 0 bridgehead atoms. The maximum absolute atomic E-state index is 13.6. The van der Waals surface area contributed by atoms with Crippen LogP contribution in [0.2, 0.25) is 0 Å². The molecule has 4 N–H and O–H groups in total. The molecule has 0 unspecified atom stereocenters. The molecule has 0 spiro atoms. The zero-order valence-corrected chi connectivity index (χ0v) is 10.6. The van der Waals surface area contributed by atoms with Gasteiger partial charge in [0.1, 0.15) is 12.4 Å². The number of carbonyl (C=O) groups is 2. The first-order chi connectivity index (χ1) is 8.91. The lowest BCUT2D eigenvalue weighted by Crippen LogP contribution is -2.37. The van der Waals surface area contributed by atoms with Crippen molar-refractivity contribution in [1.82, 2.24) is 10.5 Å². The first-order valence-corrected chi connectivity index (χ1v) is 5.37. The van der Waals surface area contributed by atoms with E-state index in [1.54, 1.807) is 0 Å². The second-order valence-corrected chi connectivity index (χ2v) is 3.75. The number of hydrogen-bond acceptors (Lipinski definition) is 4. The topological polar surface area (TPSA) is 96.7 Å². The van der Waals surface area contributed by atoms with E-state index >= 15 is 0 Å². The number of carbonyl (C=O) groups excluding carboxylic acids is 2. The van der Waals surface area contributed by atoms with Gasteiger partial charge in [0, 0.05) is 19.5 Å². The number of halogens is 1. The molecule has 1 aromatic carbocycles. The van der Waals surface area contributed by atoms with Crippen LogP contribution in [0.15, 0.2) is 18.2 Å². The van der Waals surface area contributed by atoms with Gasteiger partial charge in [0.05, 0.1) is 5.69 Å². The zero-order chi connectivity index (χ0) is 14.4. The average Bonchev–Trinajstić information content (AvgIpc) is 2.32. The maximum Gasteiger partial charge on any atom is 0.335 e. The molecule has 0 heterocycles. The number of nitrogens with zero attached hydrogens (tertiary/aromatic N) is 1. The van der Waals surface area contributed by atoms with Crippen LogP contribution in [0.25, 0.3) is 0 Å². The number of nitrogens with one attached hydrogen (secondary N) is 2. The van der Waals surface area contributed by atoms with Gasteiger partial charge in [-0.05, 0) is 12.1 Å². The number of amides is 3. The Morgan fingerprint density at radius 2 is 2.16 bits per heavy atom. The van der Waals surface area contributed by atoms with Crippen LogP contribution in [0, 0.1) is 5.82 Å². The van der Waals surface area contributed by atoms with E-state index < -0.39 is 17.8 Å². The van der Waals surface area contributed by atoms with Crippen LogP contribution < -0.4 is 16.6 Å². The zero-order valence-electron chi connectivity index (χ0n) is 10.6. The summed E-state index contributed by atoms with van der Waals surface area (Å²) in [6.45, 7) is 1.03. The minimum absolute atomic E-state index is 0.103. The first-order valence-electron chi connectivity index (χ1n) is 5.37. The fraction of sp³-hybridized carbons (Fsp3) is 0.273. The van der Waals surface area contributed by atoms with Gasteiger partial charge >= 0.3 is 6.03 Å². The van der Waals surface area contributed by atoms with Crippen molar-refractivity contribution >= 4 is 17.6 Å². The molecule has 1 rings (SSSR count). The number of rotatable bonds is 4. The second-order valence-electron chi connectivity index (χ2n) is 3.75. The van der Waals surface area contributed by atoms with Crippen LogP contribution in [0.3, 0.4) is 0 Å². The molecule has 0 saturated carbocycles. The number of nitrogens with two attached hydrogens (primary N) is 1. The Balaban J connectivity index is 2.83. The maximum atomic E-state index is 13.6. The van der Waals surface area contributed by atoms with Crippen molar-refractivity contribution in [3.8, 4) is 0 Å². The van der Waals surface area contributed by atoms with E-state index in [2.05, 4.69) is 10.8 Å². The Kier molecular flexibility index (Phi) is 5.22. The van der Waals surface area contributed by atoms with Crippen LogP contribution in [0.4, 0.5) is 14.9 Å². The lowest BCUT2D eigenvalue weighted by Gasteiger charge is -2.15. The minimum Gasteiger partial charge on any atom is -0.306 e. The Morgan fingerprint density at radius 1 is 1.47 bits per heavy atom. The van der Waals surface area contributed by atoms with Gasteiger partial charge in [0.25, 0.3) is 0 Å². The fourth-order valence-corrected chi connectivity index (χ4v) is 1.24. The molecule has 0 radical (unpaired) electrons. The highest BCUT2D eigenvalue weighted by Gasteiger charge is 2.12. The van der Waals surface area contributed by atoms with Gasteiger partial charge in [-0.2, -0.15) is 0 Å². The molecule has 19 heavy (non-hydrogen) atoms. The number of hydrogen-bond donors (Lipinski definition) is 3. The monoisotopic (exact) mass is 270 g/mol. The molecule has 7 nitrogen and oxygen atoms in total. The van der Waals surface area contributed by atoms with Crippen LogP contribution >= 0.6 is 0 Å². The molecule has 8 heteroatoms. The Labute approximate surface area is 109 Å². The first kappa shape index (κ1) is 14.9. The molecular formula is C11H15FN4O3. The summed E-state index contributed by atoms with van der Waals surface area (Å²) in [4.78, 5) is 26.9. The lowest BCUT2D eigenvalue weighted by atomic mass is 10.2. The van der Waals surface area contributed by atoms with E-state index in [9.17, 15) is 14.0 Å². The molecule has 0 saturated heterocycles. The standard InChI is InChI=1S/C11H15FN4O3/c1-7(17)15-19-6-8-9(12)4-3-5-10(8)14-11(18)16(2)13/h3-5H,6,13H2,1-2H3,(H,14,18)(H,15,17). The van der Waals surface area contributed by atoms with Crippen molar-refractivity contribution < 1.29 is 18.8 Å². The SMILES string of the molecule is CC(=O)NOCc1c(F)cccc1NC(=O)N(C)N. The van der Waals surface area contributed by atoms with Gasteiger partial charge in [0.2, 0.25) is 5.91 Å². The van der Waals surface area contributed by atoms with E-state index in [-0.39, 0.29) is 17.9 Å².